The van der Waals surface area contributed by atoms with E-state index in [0.717, 1.165) is 29.8 Å². The van der Waals surface area contributed by atoms with Gasteiger partial charge in [-0.3, -0.25) is 0 Å². The zero-order valence-corrected chi connectivity index (χ0v) is 13.6. The summed E-state index contributed by atoms with van der Waals surface area (Å²) in [7, 11) is 0. The predicted molar refractivity (Wildman–Crippen MR) is 89.7 cm³/mol. The maximum Gasteiger partial charge on any atom is 0.416 e. The number of hydrogen-bond donors (Lipinski definition) is 1. The zero-order chi connectivity index (χ0) is 17.1. The van der Waals surface area contributed by atoms with Crippen LogP contribution in [0.15, 0.2) is 42.5 Å². The van der Waals surface area contributed by atoms with E-state index in [2.05, 4.69) is 19.2 Å². The van der Waals surface area contributed by atoms with E-state index in [1.54, 1.807) is 6.07 Å². The fourth-order valence-corrected chi connectivity index (χ4v) is 3.95. The molecular formula is C19H19F3N2. The number of alkyl halides is 3. The molecule has 0 amide bonds. The summed E-state index contributed by atoms with van der Waals surface area (Å²) in [6.07, 6.45) is -2.61. The number of fused-ring (bicyclic) bond motifs is 5. The van der Waals surface area contributed by atoms with Crippen LogP contribution in [0.1, 0.15) is 37.8 Å². The summed E-state index contributed by atoms with van der Waals surface area (Å²) in [5, 5.41) is 3.47. The highest BCUT2D eigenvalue weighted by atomic mass is 19.4. The molecule has 2 nitrogen and oxygen atoms in total. The molecule has 24 heavy (non-hydrogen) atoms. The van der Waals surface area contributed by atoms with Crippen molar-refractivity contribution in [3.8, 4) is 0 Å². The van der Waals surface area contributed by atoms with Crippen molar-refractivity contribution in [3.63, 3.8) is 0 Å². The smallest absolute Gasteiger partial charge is 0.363 e. The number of halogens is 3. The largest absolute Gasteiger partial charge is 0.416 e. The molecule has 2 heterocycles. The quantitative estimate of drug-likeness (QED) is 0.724. The average molecular weight is 332 g/mol. The second kappa shape index (κ2) is 4.91. The summed E-state index contributed by atoms with van der Waals surface area (Å²) in [4.78, 5) is 2.03. The fraction of sp³-hybridized carbons (Fsp3) is 0.368. The fourth-order valence-electron chi connectivity index (χ4n) is 3.95. The molecule has 2 aliphatic rings. The lowest BCUT2D eigenvalue weighted by Crippen LogP contribution is -2.44. The van der Waals surface area contributed by atoms with Gasteiger partial charge in [-0.15, -0.1) is 0 Å². The maximum atomic E-state index is 13.2. The second-order valence-electron chi connectivity index (χ2n) is 6.90. The van der Waals surface area contributed by atoms with Gasteiger partial charge in [0.2, 0.25) is 0 Å². The van der Waals surface area contributed by atoms with Gasteiger partial charge in [-0.05, 0) is 48.1 Å². The average Bonchev–Trinajstić information content (AvgIpc) is 2.91. The van der Waals surface area contributed by atoms with Gasteiger partial charge in [-0.1, -0.05) is 32.0 Å². The standard InChI is InChI=1S/C19H19F3N2/c1-3-18(2)11-17-23-14-6-4-5-7-15(14)24(17)16-10-12(19(20,21)22)8-9-13(16)18/h4-10,17,23H,3,11H2,1-2H3. The van der Waals surface area contributed by atoms with E-state index < -0.39 is 11.7 Å². The Bertz CT molecular complexity index is 799. The number of rotatable bonds is 1. The Hall–Kier alpha value is -2.17. The molecule has 5 heteroatoms. The minimum Gasteiger partial charge on any atom is -0.363 e. The molecule has 0 aliphatic carbocycles. The van der Waals surface area contributed by atoms with Crippen molar-refractivity contribution in [2.75, 3.05) is 10.2 Å². The van der Waals surface area contributed by atoms with Crippen molar-refractivity contribution >= 4 is 17.1 Å². The van der Waals surface area contributed by atoms with Crippen LogP contribution < -0.4 is 10.2 Å². The molecule has 126 valence electrons. The summed E-state index contributed by atoms with van der Waals surface area (Å²) in [5.41, 5.74) is 2.85. The Labute approximate surface area is 139 Å². The van der Waals surface area contributed by atoms with E-state index in [0.29, 0.717) is 5.69 Å². The minimum absolute atomic E-state index is 0.0108. The molecule has 0 saturated carbocycles. The molecule has 0 saturated heterocycles. The molecule has 0 fully saturated rings. The van der Waals surface area contributed by atoms with Gasteiger partial charge in [-0.25, -0.2) is 0 Å². The first-order valence-corrected chi connectivity index (χ1v) is 8.20. The molecule has 2 aliphatic heterocycles. The molecular weight excluding hydrogens is 313 g/mol. The Balaban J connectivity index is 1.94. The summed E-state index contributed by atoms with van der Waals surface area (Å²) < 4.78 is 39.7. The Kier molecular flexibility index (Phi) is 3.15. The number of benzene rings is 2. The van der Waals surface area contributed by atoms with Gasteiger partial charge in [0.05, 0.1) is 16.9 Å². The highest BCUT2D eigenvalue weighted by molar-refractivity contribution is 5.85. The molecule has 2 unspecified atom stereocenters. The molecule has 0 bridgehead atoms. The number of nitrogens with one attached hydrogen (secondary N) is 1. The van der Waals surface area contributed by atoms with Gasteiger partial charge in [0.1, 0.15) is 6.17 Å². The lowest BCUT2D eigenvalue weighted by Gasteiger charge is -2.44. The third-order valence-corrected chi connectivity index (χ3v) is 5.46. The highest BCUT2D eigenvalue weighted by Gasteiger charge is 2.44. The maximum absolute atomic E-state index is 13.2. The van der Waals surface area contributed by atoms with Gasteiger partial charge in [0.25, 0.3) is 0 Å². The SMILES string of the molecule is CCC1(C)CC2Nc3ccccc3N2c2cc(C(F)(F)F)ccc21. The van der Waals surface area contributed by atoms with Crippen LogP contribution in [0.4, 0.5) is 30.2 Å². The van der Waals surface area contributed by atoms with Gasteiger partial charge in [-0.2, -0.15) is 13.2 Å². The third kappa shape index (κ3) is 2.10. The normalized spacial score (nSPS) is 24.9. The highest BCUT2D eigenvalue weighted by Crippen LogP contribution is 2.52. The van der Waals surface area contributed by atoms with E-state index in [1.165, 1.54) is 12.1 Å². The van der Waals surface area contributed by atoms with Gasteiger partial charge in [0, 0.05) is 5.69 Å². The van der Waals surface area contributed by atoms with Gasteiger partial charge in [0.15, 0.2) is 0 Å². The second-order valence-corrected chi connectivity index (χ2v) is 6.90. The van der Waals surface area contributed by atoms with Crippen molar-refractivity contribution in [2.24, 2.45) is 0 Å². The number of anilines is 3. The van der Waals surface area contributed by atoms with Crippen LogP contribution in [0, 0.1) is 0 Å². The molecule has 4 rings (SSSR count). The molecule has 0 aromatic heterocycles. The number of para-hydroxylation sites is 2. The summed E-state index contributed by atoms with van der Waals surface area (Å²) in [5.74, 6) is 0. The summed E-state index contributed by atoms with van der Waals surface area (Å²) in [6, 6.07) is 12.0. The van der Waals surface area contributed by atoms with E-state index in [1.807, 2.05) is 29.2 Å². The van der Waals surface area contributed by atoms with E-state index >= 15 is 0 Å². The zero-order valence-electron chi connectivity index (χ0n) is 13.6. The first-order chi connectivity index (χ1) is 11.3. The van der Waals surface area contributed by atoms with Crippen LogP contribution in [0.5, 0.6) is 0 Å². The number of nitrogens with zero attached hydrogens (tertiary/aromatic N) is 1. The summed E-state index contributed by atoms with van der Waals surface area (Å²) in [6.45, 7) is 4.24. The molecule has 0 spiro atoms. The van der Waals surface area contributed by atoms with Crippen LogP contribution in [0.25, 0.3) is 0 Å². The van der Waals surface area contributed by atoms with Crippen LogP contribution >= 0.6 is 0 Å². The van der Waals surface area contributed by atoms with E-state index in [-0.39, 0.29) is 11.6 Å². The van der Waals surface area contributed by atoms with Crippen LogP contribution in [-0.4, -0.2) is 6.17 Å². The van der Waals surface area contributed by atoms with Gasteiger partial charge < -0.3 is 10.2 Å². The third-order valence-electron chi connectivity index (χ3n) is 5.46. The predicted octanol–water partition coefficient (Wildman–Crippen LogP) is 5.67. The van der Waals surface area contributed by atoms with E-state index in [4.69, 9.17) is 0 Å². The monoisotopic (exact) mass is 332 g/mol. The first-order valence-electron chi connectivity index (χ1n) is 8.20. The van der Waals surface area contributed by atoms with Crippen LogP contribution in [0.2, 0.25) is 0 Å². The molecule has 1 N–H and O–H groups in total. The molecule has 2 atom stereocenters. The van der Waals surface area contributed by atoms with Crippen molar-refractivity contribution in [3.05, 3.63) is 53.6 Å². The van der Waals surface area contributed by atoms with Crippen molar-refractivity contribution in [2.45, 2.75) is 44.4 Å². The topological polar surface area (TPSA) is 15.3 Å². The molecule has 2 aromatic rings. The van der Waals surface area contributed by atoms with E-state index in [9.17, 15) is 13.2 Å². The van der Waals surface area contributed by atoms with Crippen molar-refractivity contribution in [1.82, 2.24) is 0 Å². The minimum atomic E-state index is -4.34. The number of hydrogen-bond acceptors (Lipinski definition) is 2. The molecule has 0 radical (unpaired) electrons. The first kappa shape index (κ1) is 15.4. The summed E-state index contributed by atoms with van der Waals surface area (Å²) >= 11 is 0. The molecule has 2 aromatic carbocycles. The lowest BCUT2D eigenvalue weighted by atomic mass is 9.72. The Morgan fingerprint density at radius 1 is 1.17 bits per heavy atom. The van der Waals surface area contributed by atoms with Crippen molar-refractivity contribution in [1.29, 1.82) is 0 Å². The van der Waals surface area contributed by atoms with Crippen LogP contribution in [0.3, 0.4) is 0 Å². The Morgan fingerprint density at radius 3 is 2.62 bits per heavy atom. The van der Waals surface area contributed by atoms with Crippen molar-refractivity contribution < 1.29 is 13.2 Å². The lowest BCUT2D eigenvalue weighted by molar-refractivity contribution is -0.137. The Morgan fingerprint density at radius 2 is 1.92 bits per heavy atom. The van der Waals surface area contributed by atoms with Crippen LogP contribution in [-0.2, 0) is 11.6 Å². The van der Waals surface area contributed by atoms with Gasteiger partial charge >= 0.3 is 6.18 Å².